The third kappa shape index (κ3) is 2.02. The maximum atomic E-state index is 5.93. The lowest BCUT2D eigenvalue weighted by molar-refractivity contribution is 0.457. The molecule has 1 aliphatic carbocycles. The maximum Gasteiger partial charge on any atom is 0.193 e. The van der Waals surface area contributed by atoms with E-state index in [0.717, 1.165) is 5.69 Å². The van der Waals surface area contributed by atoms with Crippen LogP contribution in [0, 0.1) is 10.8 Å². The van der Waals surface area contributed by atoms with Crippen molar-refractivity contribution in [2.24, 2.45) is 21.6 Å². The van der Waals surface area contributed by atoms with Gasteiger partial charge in [-0.15, -0.1) is 0 Å². The molecule has 1 saturated carbocycles. The zero-order chi connectivity index (χ0) is 12.7. The first-order chi connectivity index (χ1) is 7.85. The third-order valence-corrected chi connectivity index (χ3v) is 4.26. The summed E-state index contributed by atoms with van der Waals surface area (Å²) in [6.07, 6.45) is 0. The Labute approximate surface area is 103 Å². The molecule has 0 radical (unpaired) electrons. The fourth-order valence-electron chi connectivity index (χ4n) is 2.32. The van der Waals surface area contributed by atoms with Gasteiger partial charge in [0.15, 0.2) is 5.96 Å². The standard InChI is InChI=1S/C14H21N3/c1-13(2)11(14(13,3)4)17-12(15)16-10-8-6-5-7-9-10/h5-9,11H,1-4H3,(H3,15,16,17). The zero-order valence-corrected chi connectivity index (χ0v) is 11.0. The summed E-state index contributed by atoms with van der Waals surface area (Å²) in [7, 11) is 0. The first-order valence-electron chi connectivity index (χ1n) is 6.01. The van der Waals surface area contributed by atoms with Gasteiger partial charge in [-0.05, 0) is 23.0 Å². The van der Waals surface area contributed by atoms with Gasteiger partial charge in [-0.1, -0.05) is 45.9 Å². The molecule has 0 bridgehead atoms. The van der Waals surface area contributed by atoms with Crippen molar-refractivity contribution >= 4 is 11.6 Å². The molecule has 0 saturated heterocycles. The Balaban J connectivity index is 2.05. The SMILES string of the molecule is CC1(C)C(N=C(N)Nc2ccccc2)C1(C)C. The number of guanidine groups is 1. The molecule has 3 heteroatoms. The summed E-state index contributed by atoms with van der Waals surface area (Å²) < 4.78 is 0. The van der Waals surface area contributed by atoms with E-state index in [-0.39, 0.29) is 10.8 Å². The van der Waals surface area contributed by atoms with Gasteiger partial charge < -0.3 is 11.1 Å². The van der Waals surface area contributed by atoms with E-state index in [1.807, 2.05) is 30.3 Å². The summed E-state index contributed by atoms with van der Waals surface area (Å²) in [6.45, 7) is 8.93. The van der Waals surface area contributed by atoms with Gasteiger partial charge in [-0.25, -0.2) is 4.99 Å². The molecule has 17 heavy (non-hydrogen) atoms. The second-order valence-corrected chi connectivity index (χ2v) is 5.85. The Morgan fingerprint density at radius 3 is 2.12 bits per heavy atom. The Morgan fingerprint density at radius 1 is 1.12 bits per heavy atom. The van der Waals surface area contributed by atoms with Crippen LogP contribution in [-0.2, 0) is 0 Å². The van der Waals surface area contributed by atoms with Crippen molar-refractivity contribution < 1.29 is 0 Å². The molecule has 1 fully saturated rings. The average molecular weight is 231 g/mol. The van der Waals surface area contributed by atoms with Crippen LogP contribution in [0.2, 0.25) is 0 Å². The molecular weight excluding hydrogens is 210 g/mol. The molecule has 1 aromatic rings. The molecule has 0 aromatic heterocycles. The number of hydrogen-bond acceptors (Lipinski definition) is 1. The number of anilines is 1. The lowest BCUT2D eigenvalue weighted by Gasteiger charge is -2.05. The van der Waals surface area contributed by atoms with E-state index >= 15 is 0 Å². The maximum absolute atomic E-state index is 5.93. The molecule has 0 amide bonds. The first-order valence-corrected chi connectivity index (χ1v) is 6.01. The summed E-state index contributed by atoms with van der Waals surface area (Å²) >= 11 is 0. The molecule has 92 valence electrons. The molecule has 3 nitrogen and oxygen atoms in total. The van der Waals surface area contributed by atoms with Crippen molar-refractivity contribution in [2.75, 3.05) is 5.32 Å². The van der Waals surface area contributed by atoms with E-state index < -0.39 is 0 Å². The highest BCUT2D eigenvalue weighted by atomic mass is 15.1. The van der Waals surface area contributed by atoms with E-state index in [1.54, 1.807) is 0 Å². The van der Waals surface area contributed by atoms with E-state index in [2.05, 4.69) is 38.0 Å². The Kier molecular flexibility index (Phi) is 2.64. The van der Waals surface area contributed by atoms with Crippen LogP contribution in [0.15, 0.2) is 35.3 Å². The Bertz CT molecular complexity index is 418. The van der Waals surface area contributed by atoms with Crippen LogP contribution in [0.3, 0.4) is 0 Å². The molecule has 0 unspecified atom stereocenters. The van der Waals surface area contributed by atoms with Gasteiger partial charge in [0.05, 0.1) is 6.04 Å². The number of nitrogens with two attached hydrogens (primary N) is 1. The van der Waals surface area contributed by atoms with Gasteiger partial charge in [0.2, 0.25) is 0 Å². The van der Waals surface area contributed by atoms with E-state index in [4.69, 9.17) is 5.73 Å². The number of rotatable bonds is 2. The Morgan fingerprint density at radius 2 is 1.65 bits per heavy atom. The highest BCUT2D eigenvalue weighted by molar-refractivity contribution is 5.92. The van der Waals surface area contributed by atoms with Gasteiger partial charge in [0, 0.05) is 5.69 Å². The second-order valence-electron chi connectivity index (χ2n) is 5.85. The summed E-state index contributed by atoms with van der Waals surface area (Å²) in [5.41, 5.74) is 7.37. The Hall–Kier alpha value is -1.51. The highest BCUT2D eigenvalue weighted by Gasteiger charge is 2.65. The van der Waals surface area contributed by atoms with Gasteiger partial charge in [-0.2, -0.15) is 0 Å². The zero-order valence-electron chi connectivity index (χ0n) is 11.0. The smallest absolute Gasteiger partial charge is 0.193 e. The molecular formula is C14H21N3. The fraction of sp³-hybridized carbons (Fsp3) is 0.500. The van der Waals surface area contributed by atoms with Crippen LogP contribution in [0.1, 0.15) is 27.7 Å². The molecule has 2 rings (SSSR count). The molecule has 0 aliphatic heterocycles. The van der Waals surface area contributed by atoms with Crippen LogP contribution in [0.5, 0.6) is 0 Å². The van der Waals surface area contributed by atoms with Crippen LogP contribution >= 0.6 is 0 Å². The number of benzene rings is 1. The summed E-state index contributed by atoms with van der Waals surface area (Å²) in [6, 6.07) is 10.2. The molecule has 0 atom stereocenters. The van der Waals surface area contributed by atoms with Crippen LogP contribution in [0.4, 0.5) is 5.69 Å². The minimum atomic E-state index is 0.232. The summed E-state index contributed by atoms with van der Waals surface area (Å²) in [4.78, 5) is 4.57. The van der Waals surface area contributed by atoms with Gasteiger partial charge in [0.25, 0.3) is 0 Å². The van der Waals surface area contributed by atoms with Crippen molar-refractivity contribution in [3.05, 3.63) is 30.3 Å². The third-order valence-electron chi connectivity index (χ3n) is 4.26. The van der Waals surface area contributed by atoms with E-state index in [1.165, 1.54) is 0 Å². The largest absolute Gasteiger partial charge is 0.370 e. The van der Waals surface area contributed by atoms with Crippen molar-refractivity contribution in [3.63, 3.8) is 0 Å². The number of nitrogens with one attached hydrogen (secondary N) is 1. The lowest BCUT2D eigenvalue weighted by atomic mass is 10.0. The van der Waals surface area contributed by atoms with Crippen LogP contribution in [-0.4, -0.2) is 12.0 Å². The number of hydrogen-bond donors (Lipinski definition) is 2. The molecule has 1 aliphatic rings. The van der Waals surface area contributed by atoms with E-state index in [0.29, 0.717) is 12.0 Å². The fourth-order valence-corrected chi connectivity index (χ4v) is 2.32. The normalized spacial score (nSPS) is 22.2. The average Bonchev–Trinajstić information content (AvgIpc) is 2.62. The van der Waals surface area contributed by atoms with Gasteiger partial charge >= 0.3 is 0 Å². The summed E-state index contributed by atoms with van der Waals surface area (Å²) in [5.74, 6) is 0.500. The minimum Gasteiger partial charge on any atom is -0.370 e. The lowest BCUT2D eigenvalue weighted by Crippen LogP contribution is -2.23. The number of para-hydroxylation sites is 1. The second kappa shape index (κ2) is 3.76. The van der Waals surface area contributed by atoms with Gasteiger partial charge in [0.1, 0.15) is 0 Å². The first kappa shape index (κ1) is 12.0. The molecule has 3 N–H and O–H groups in total. The number of nitrogens with zero attached hydrogens (tertiary/aromatic N) is 1. The van der Waals surface area contributed by atoms with Crippen molar-refractivity contribution in [1.29, 1.82) is 0 Å². The van der Waals surface area contributed by atoms with Crippen LogP contribution in [0.25, 0.3) is 0 Å². The van der Waals surface area contributed by atoms with Crippen molar-refractivity contribution in [3.8, 4) is 0 Å². The topological polar surface area (TPSA) is 50.4 Å². The predicted molar refractivity (Wildman–Crippen MR) is 73.0 cm³/mol. The number of aliphatic imine (C=N–C) groups is 1. The van der Waals surface area contributed by atoms with E-state index in [9.17, 15) is 0 Å². The quantitative estimate of drug-likeness (QED) is 0.607. The van der Waals surface area contributed by atoms with Crippen LogP contribution < -0.4 is 11.1 Å². The van der Waals surface area contributed by atoms with Crippen molar-refractivity contribution in [1.82, 2.24) is 0 Å². The summed E-state index contributed by atoms with van der Waals surface area (Å²) in [5, 5.41) is 3.12. The molecule has 1 aromatic carbocycles. The highest BCUT2D eigenvalue weighted by Crippen LogP contribution is 2.64. The monoisotopic (exact) mass is 231 g/mol. The van der Waals surface area contributed by atoms with Crippen molar-refractivity contribution in [2.45, 2.75) is 33.7 Å². The predicted octanol–water partition coefficient (Wildman–Crippen LogP) is 2.85. The molecule has 0 heterocycles. The minimum absolute atomic E-state index is 0.232. The van der Waals surface area contributed by atoms with Gasteiger partial charge in [-0.3, -0.25) is 0 Å². The molecule has 0 spiro atoms.